The van der Waals surface area contributed by atoms with Crippen molar-refractivity contribution in [2.75, 3.05) is 13.2 Å². The summed E-state index contributed by atoms with van der Waals surface area (Å²) in [6, 6.07) is 54.4. The van der Waals surface area contributed by atoms with Gasteiger partial charge in [-0.25, -0.2) is 8.78 Å². The van der Waals surface area contributed by atoms with Crippen molar-refractivity contribution in [3.8, 4) is 56.6 Å². The fraction of sp³-hybridized carbons (Fsp3) is 0.400. The largest absolute Gasteiger partial charge is 0.505 e. The number of ether oxygens (including phenoxy) is 2. The number of hydrogen-bond donors (Lipinski definition) is 2. The van der Waals surface area contributed by atoms with Crippen LogP contribution in [0.15, 0.2) is 164 Å². The average molecular weight is 1320 g/mol. The van der Waals surface area contributed by atoms with Crippen molar-refractivity contribution in [2.24, 2.45) is 16.7 Å². The highest BCUT2D eigenvalue weighted by atomic mass is 19.1. The highest BCUT2D eigenvalue weighted by Gasteiger charge is 2.39. The molecule has 9 aromatic carbocycles. The first-order chi connectivity index (χ1) is 45.5. The zero-order valence-electron chi connectivity index (χ0n) is 62.6. The third kappa shape index (κ3) is 14.4. The number of aromatic nitrogens is 2. The van der Waals surface area contributed by atoms with E-state index in [1.54, 1.807) is 12.1 Å². The lowest BCUT2D eigenvalue weighted by Gasteiger charge is -2.36. The number of benzene rings is 9. The van der Waals surface area contributed by atoms with E-state index in [1.165, 1.54) is 46.5 Å². The number of fused-ring (bicyclic) bond motifs is 6. The van der Waals surface area contributed by atoms with Gasteiger partial charge in [0.2, 0.25) is 0 Å². The van der Waals surface area contributed by atoms with E-state index in [0.717, 1.165) is 73.1 Å². The Labute approximate surface area is 583 Å². The van der Waals surface area contributed by atoms with Crippen molar-refractivity contribution in [1.29, 1.82) is 0 Å². The first-order valence-electron chi connectivity index (χ1n) is 35.3. The molecule has 0 saturated heterocycles. The number of rotatable bonds is 16. The molecule has 8 heteroatoms. The van der Waals surface area contributed by atoms with Crippen LogP contribution in [0.2, 0.25) is 0 Å². The van der Waals surface area contributed by atoms with Crippen molar-refractivity contribution in [3.05, 3.63) is 214 Å². The minimum atomic E-state index is -0.589. The van der Waals surface area contributed by atoms with Gasteiger partial charge in [-0.3, -0.25) is 0 Å². The summed E-state index contributed by atoms with van der Waals surface area (Å²) in [4.78, 5) is 0. The predicted molar refractivity (Wildman–Crippen MR) is 409 cm³/mol. The van der Waals surface area contributed by atoms with Crippen LogP contribution in [-0.4, -0.2) is 32.6 Å². The predicted octanol–water partition coefficient (Wildman–Crippen LogP) is 24.8. The summed E-state index contributed by atoms with van der Waals surface area (Å²) in [6.07, 6.45) is 2.01. The van der Waals surface area contributed by atoms with E-state index in [0.29, 0.717) is 51.5 Å². The highest BCUT2D eigenvalue weighted by Crippen LogP contribution is 2.55. The summed E-state index contributed by atoms with van der Waals surface area (Å²) < 4.78 is 51.5. The summed E-state index contributed by atoms with van der Waals surface area (Å²) in [6.45, 7) is 49.6. The number of nitrogens with zero attached hydrogens (tertiary/aromatic N) is 2. The summed E-state index contributed by atoms with van der Waals surface area (Å²) >= 11 is 0. The topological polar surface area (TPSA) is 68.8 Å². The molecule has 11 aromatic rings. The third-order valence-electron chi connectivity index (χ3n) is 19.9. The van der Waals surface area contributed by atoms with Crippen molar-refractivity contribution < 1.29 is 28.5 Å². The Bertz CT molecular complexity index is 4390. The van der Waals surface area contributed by atoms with Crippen LogP contribution in [0.3, 0.4) is 0 Å². The van der Waals surface area contributed by atoms with Crippen molar-refractivity contribution >= 4 is 43.6 Å². The standard InChI is InChI=1S/C90H106F2N2O4/c1-83(2,3)53-89(19,20)71-49-65(57-30-26-32-63(91)43-57)79(95)77(93-73-38-34-59(85(7,8)9)45-67(73)68-46-60(86(10,11)12)35-39-74(68)93)81(71)97-51-56(42-55-28-24-23-25-29-55)52-98-82-72(90(21,22)54-84(4,5)6)50-66(58-31-27-33-64(92)44-58)80(96)78(82)94-75-40-36-61(87(13,14)15)47-69(75)70-48-62(88(16,17)18)37-41-76(70)94/h23-41,43-50,56,95-96H,42,51-54H2,1-22H3. The Morgan fingerprint density at radius 3 is 0.969 bits per heavy atom. The molecule has 0 amide bonds. The van der Waals surface area contributed by atoms with Gasteiger partial charge >= 0.3 is 0 Å². The molecule has 0 spiro atoms. The van der Waals surface area contributed by atoms with Gasteiger partial charge in [-0.05, 0) is 186 Å². The molecule has 0 aliphatic carbocycles. The number of aromatic hydroxyl groups is 2. The fourth-order valence-corrected chi connectivity index (χ4v) is 15.5. The highest BCUT2D eigenvalue weighted by molar-refractivity contribution is 6.12. The second kappa shape index (κ2) is 25.4. The molecule has 2 N–H and O–H groups in total. The van der Waals surface area contributed by atoms with E-state index >= 15 is 8.78 Å². The second-order valence-electron chi connectivity index (χ2n) is 36.0. The molecule has 11 rings (SSSR count). The molecule has 6 nitrogen and oxygen atoms in total. The summed E-state index contributed by atoms with van der Waals surface area (Å²) in [5.41, 5.74) is 12.0. The minimum Gasteiger partial charge on any atom is -0.505 e. The molecular formula is C90H106F2N2O4. The molecule has 0 unspecified atom stereocenters. The molecule has 2 heterocycles. The number of hydrogen-bond acceptors (Lipinski definition) is 4. The molecule has 0 radical (unpaired) electrons. The first kappa shape index (κ1) is 70.9. The van der Waals surface area contributed by atoms with E-state index in [4.69, 9.17) is 9.47 Å². The second-order valence-corrected chi connectivity index (χ2v) is 36.0. The molecule has 0 fully saturated rings. The van der Waals surface area contributed by atoms with Crippen molar-refractivity contribution in [3.63, 3.8) is 0 Å². The Morgan fingerprint density at radius 2 is 0.684 bits per heavy atom. The number of phenols is 2. The van der Waals surface area contributed by atoms with Crippen LogP contribution >= 0.6 is 0 Å². The maximum Gasteiger partial charge on any atom is 0.151 e. The van der Waals surface area contributed by atoms with E-state index in [2.05, 4.69) is 259 Å². The van der Waals surface area contributed by atoms with Crippen molar-refractivity contribution in [1.82, 2.24) is 9.13 Å². The first-order valence-corrected chi connectivity index (χ1v) is 35.3. The van der Waals surface area contributed by atoms with Crippen LogP contribution in [0.1, 0.15) is 204 Å². The lowest BCUT2D eigenvalue weighted by Crippen LogP contribution is -2.29. The Kier molecular flexibility index (Phi) is 18.4. The van der Waals surface area contributed by atoms with E-state index in [-0.39, 0.29) is 63.1 Å². The van der Waals surface area contributed by atoms with Gasteiger partial charge < -0.3 is 28.8 Å². The monoisotopic (exact) mass is 1320 g/mol. The van der Waals surface area contributed by atoms with Gasteiger partial charge in [0.15, 0.2) is 23.0 Å². The maximum absolute atomic E-state index is 15.8. The van der Waals surface area contributed by atoms with Gasteiger partial charge in [-0.1, -0.05) is 231 Å². The van der Waals surface area contributed by atoms with Crippen molar-refractivity contribution in [2.45, 2.75) is 204 Å². The number of phenolic OH excluding ortho intramolecular Hbond substituents is 2. The zero-order valence-corrected chi connectivity index (χ0v) is 62.6. The normalized spacial score (nSPS) is 13.3. The Balaban J connectivity index is 1.19. The maximum atomic E-state index is 15.8. The lowest BCUT2D eigenvalue weighted by molar-refractivity contribution is 0.169. The Morgan fingerprint density at radius 1 is 0.367 bits per heavy atom. The van der Waals surface area contributed by atoms with Gasteiger partial charge in [0, 0.05) is 49.7 Å². The fourth-order valence-electron chi connectivity index (χ4n) is 15.5. The molecule has 0 saturated carbocycles. The van der Waals surface area contributed by atoms with Crippen LogP contribution in [0.5, 0.6) is 23.0 Å². The van der Waals surface area contributed by atoms with Gasteiger partial charge in [0.05, 0.1) is 35.3 Å². The van der Waals surface area contributed by atoms with Gasteiger partial charge in [0.25, 0.3) is 0 Å². The zero-order chi connectivity index (χ0) is 71.4. The van der Waals surface area contributed by atoms with Crippen LogP contribution in [0.25, 0.3) is 77.2 Å². The molecule has 0 aliphatic heterocycles. The average Bonchev–Trinajstić information content (AvgIpc) is 1.50. The molecule has 0 atom stereocenters. The van der Waals surface area contributed by atoms with Gasteiger partial charge in [-0.2, -0.15) is 0 Å². The summed E-state index contributed by atoms with van der Waals surface area (Å²) in [5.74, 6) is -0.201. The van der Waals surface area contributed by atoms with Crippen LogP contribution in [0.4, 0.5) is 8.78 Å². The summed E-state index contributed by atoms with van der Waals surface area (Å²) in [7, 11) is 0. The number of halogens is 2. The molecule has 514 valence electrons. The molecule has 0 bridgehead atoms. The molecule has 0 aliphatic rings. The molecule has 2 aromatic heterocycles. The van der Waals surface area contributed by atoms with Gasteiger partial charge in [0.1, 0.15) is 23.0 Å². The third-order valence-corrected chi connectivity index (χ3v) is 19.9. The lowest BCUT2D eigenvalue weighted by atomic mass is 9.71. The van der Waals surface area contributed by atoms with Crippen LogP contribution in [0, 0.1) is 28.4 Å². The Hall–Kier alpha value is -8.36. The molecular weight excluding hydrogens is 1210 g/mol. The van der Waals surface area contributed by atoms with E-state index in [1.807, 2.05) is 30.3 Å². The summed E-state index contributed by atoms with van der Waals surface area (Å²) in [5, 5.41) is 31.5. The smallest absolute Gasteiger partial charge is 0.151 e. The minimum absolute atomic E-state index is 0.0324. The van der Waals surface area contributed by atoms with Crippen LogP contribution < -0.4 is 9.47 Å². The molecule has 98 heavy (non-hydrogen) atoms. The van der Waals surface area contributed by atoms with Crippen LogP contribution in [-0.2, 0) is 38.9 Å². The van der Waals surface area contributed by atoms with E-state index < -0.39 is 22.5 Å². The van der Waals surface area contributed by atoms with E-state index in [9.17, 15) is 10.2 Å². The SMILES string of the molecule is CC(C)(C)CC(C)(C)c1cc(-c2cccc(F)c2)c(O)c(-n2c3ccc(C(C)(C)C)cc3c3cc(C(C)(C)C)ccc32)c1OCC(COc1c(C(C)(C)CC(C)(C)C)cc(-c2cccc(F)c2)c(O)c1-n1c2ccc(C(C)(C)C)cc2c2cc(C(C)(C)C)ccc21)Cc1ccccc1. The quantitative estimate of drug-likeness (QED) is 0.101. The van der Waals surface area contributed by atoms with Gasteiger partial charge in [-0.15, -0.1) is 0 Å².